The molecule has 0 amide bonds. The normalized spacial score (nSPS) is 14.0. The molecule has 26 aromatic rings. The number of hydrogen-bond donors (Lipinski definition) is 0. The van der Waals surface area contributed by atoms with E-state index in [1.165, 1.54) is 312 Å². The van der Waals surface area contributed by atoms with Crippen LogP contribution in [0.5, 0.6) is 0 Å². The van der Waals surface area contributed by atoms with Gasteiger partial charge in [0.25, 0.3) is 0 Å². The van der Waals surface area contributed by atoms with Crippen LogP contribution in [0.1, 0.15) is 165 Å². The Hall–Kier alpha value is -16.4. The molecule has 0 aromatic heterocycles. The first-order valence-corrected chi connectivity index (χ1v) is 53.3. The summed E-state index contributed by atoms with van der Waals surface area (Å²) in [5.74, 6) is 0. The lowest BCUT2D eigenvalue weighted by atomic mass is 9.77. The number of fused-ring (bicyclic) bond motifs is 19. The molecule has 4 aliphatic rings. The van der Waals surface area contributed by atoms with Crippen LogP contribution in [0.15, 0.2) is 419 Å². The van der Waals surface area contributed by atoms with Gasteiger partial charge in [-0.05, 0) is 408 Å². The molecule has 26 aromatic carbocycles. The lowest BCUT2D eigenvalue weighted by Crippen LogP contribution is -2.15. The van der Waals surface area contributed by atoms with Crippen molar-refractivity contribution in [2.75, 3.05) is 0 Å². The molecular formula is C148H116. The Morgan fingerprint density at radius 1 is 0.155 bits per heavy atom. The van der Waals surface area contributed by atoms with Gasteiger partial charge in [0.1, 0.15) is 0 Å². The van der Waals surface area contributed by atoms with E-state index in [-0.39, 0.29) is 32.5 Å². The molecule has 0 heterocycles. The molecule has 0 nitrogen and oxygen atoms in total. The zero-order chi connectivity index (χ0) is 100. The molecule has 0 aliphatic heterocycles. The third-order valence-corrected chi connectivity index (χ3v) is 34.6. The van der Waals surface area contributed by atoms with Crippen molar-refractivity contribution in [2.24, 2.45) is 0 Å². The Labute approximate surface area is 867 Å². The quantitative estimate of drug-likeness (QED) is 0.115. The molecule has 0 radical (unpaired) electrons. The van der Waals surface area contributed by atoms with Crippen LogP contribution in [0.3, 0.4) is 0 Å². The fourth-order valence-corrected chi connectivity index (χ4v) is 27.8. The maximum atomic E-state index is 2.50. The van der Waals surface area contributed by atoms with E-state index in [1.54, 1.807) is 0 Å². The Bertz CT molecular complexity index is 10300. The van der Waals surface area contributed by atoms with Gasteiger partial charge in [-0.25, -0.2) is 0 Å². The molecule has 0 saturated carbocycles. The van der Waals surface area contributed by atoms with Crippen LogP contribution < -0.4 is 0 Å². The lowest BCUT2D eigenvalue weighted by molar-refractivity contribution is 0.601. The van der Waals surface area contributed by atoms with Gasteiger partial charge in [0.05, 0.1) is 0 Å². The molecule has 0 N–H and O–H groups in total. The number of benzene rings is 26. The van der Waals surface area contributed by atoms with Gasteiger partial charge >= 0.3 is 0 Å². The van der Waals surface area contributed by atoms with Crippen molar-refractivity contribution in [1.82, 2.24) is 0 Å². The van der Waals surface area contributed by atoms with Gasteiger partial charge in [0.2, 0.25) is 0 Å². The van der Waals surface area contributed by atoms with Crippen molar-refractivity contribution >= 4 is 151 Å². The van der Waals surface area contributed by atoms with Crippen LogP contribution in [0, 0.1) is 0 Å². The van der Waals surface area contributed by atoms with E-state index in [0.29, 0.717) is 0 Å². The van der Waals surface area contributed by atoms with E-state index in [0.717, 1.165) is 6.42 Å². The first-order valence-electron chi connectivity index (χ1n) is 53.3. The lowest BCUT2D eigenvalue weighted by Gasteiger charge is -2.27. The predicted molar refractivity (Wildman–Crippen MR) is 640 cm³/mol. The van der Waals surface area contributed by atoms with Gasteiger partial charge < -0.3 is 0 Å². The summed E-state index contributed by atoms with van der Waals surface area (Å²) in [7, 11) is 0. The number of hydrogen-bond acceptors (Lipinski definition) is 0. The summed E-state index contributed by atoms with van der Waals surface area (Å²) < 4.78 is 0. The third-order valence-electron chi connectivity index (χ3n) is 34.6. The van der Waals surface area contributed by atoms with E-state index in [2.05, 4.69) is 522 Å². The standard InChI is InChI=1S/C53H40.C50H40.C45H36/c1-52(2,3)51-41-16-9-8-15-39(41)48(37-19-17-31-11-6-7-12-34(31)27-37)40-24-22-35(28-44(40)51)36-23-25-42-45(29-36)53(4,5)46-30-38-20-18-32-13-10-14-33-21-26-43(50(42)46)49(38)47(32)33;1-49(2,3)48-41-16-9-8-15-39(41)47(34-19-18-30-12-6-7-13-31(30)24-34)40-23-21-33(27-44(40)48)32-20-22-37-35(25-32)26-36-28-43-38-14-10-11-17-45(38)50(4,5)46(43)29-42(36)37;1-44(2,3)43-36-15-9-8-14-34(36)40(31-19-17-27-11-6-7-12-29(27)23-31)35-22-21-30(25-37(35)43)33-24-32-20-18-28-13-10-16-38-41(28)42(32)39(26-33)45(38,4)5/h6-30H,1-5H3;6-25,27-29H,26H2,1-5H3;6-26H,1-5H3. The largest absolute Gasteiger partial charge is 0.0619 e. The third kappa shape index (κ3) is 13.6. The summed E-state index contributed by atoms with van der Waals surface area (Å²) in [6.45, 7) is 35.6. The average molecular weight is 1890 g/mol. The second-order valence-electron chi connectivity index (χ2n) is 47.6. The zero-order valence-corrected chi connectivity index (χ0v) is 87.0. The molecule has 30 rings (SSSR count). The Morgan fingerprint density at radius 2 is 0.480 bits per heavy atom. The van der Waals surface area contributed by atoms with Gasteiger partial charge in [-0.1, -0.05) is 450 Å². The molecule has 708 valence electrons. The highest BCUT2D eigenvalue weighted by Crippen LogP contribution is 2.60. The van der Waals surface area contributed by atoms with E-state index in [1.807, 2.05) is 0 Å². The van der Waals surface area contributed by atoms with Gasteiger partial charge in [-0.2, -0.15) is 0 Å². The second kappa shape index (κ2) is 32.3. The van der Waals surface area contributed by atoms with Crippen LogP contribution in [0.4, 0.5) is 0 Å². The monoisotopic (exact) mass is 1890 g/mol. The topological polar surface area (TPSA) is 0 Å². The van der Waals surface area contributed by atoms with Crippen molar-refractivity contribution in [3.8, 4) is 100 Å². The number of rotatable bonds is 6. The highest BCUT2D eigenvalue weighted by atomic mass is 14.4. The molecule has 148 heavy (non-hydrogen) atoms. The minimum absolute atomic E-state index is 0.00931. The maximum absolute atomic E-state index is 2.50. The van der Waals surface area contributed by atoms with Crippen molar-refractivity contribution < 1.29 is 0 Å². The van der Waals surface area contributed by atoms with Gasteiger partial charge in [-0.3, -0.25) is 0 Å². The summed E-state index contributed by atoms with van der Waals surface area (Å²) in [6, 6.07) is 159. The van der Waals surface area contributed by atoms with Crippen molar-refractivity contribution in [2.45, 2.75) is 143 Å². The Morgan fingerprint density at radius 3 is 0.986 bits per heavy atom. The maximum Gasteiger partial charge on any atom is 0.0159 e. The summed E-state index contributed by atoms with van der Waals surface area (Å²) in [5.41, 5.74) is 39.3. The summed E-state index contributed by atoms with van der Waals surface area (Å²) in [5, 5.41) is 37.2. The first kappa shape index (κ1) is 89.3. The zero-order valence-electron chi connectivity index (χ0n) is 87.0. The second-order valence-corrected chi connectivity index (χ2v) is 47.6. The summed E-state index contributed by atoms with van der Waals surface area (Å²) in [4.78, 5) is 0. The van der Waals surface area contributed by atoms with Gasteiger partial charge in [0, 0.05) is 16.2 Å². The van der Waals surface area contributed by atoms with Crippen LogP contribution in [0.25, 0.3) is 251 Å². The van der Waals surface area contributed by atoms with E-state index < -0.39 is 0 Å². The fraction of sp³-hybridized carbons (Fsp3) is 0.149. The molecule has 0 fully saturated rings. The average Bonchev–Trinajstić information content (AvgIpc) is 1.54. The van der Waals surface area contributed by atoms with Crippen LogP contribution in [0.2, 0.25) is 0 Å². The van der Waals surface area contributed by atoms with E-state index in [4.69, 9.17) is 0 Å². The molecule has 0 spiro atoms. The summed E-state index contributed by atoms with van der Waals surface area (Å²) >= 11 is 0. The molecule has 0 saturated heterocycles. The van der Waals surface area contributed by atoms with Crippen molar-refractivity contribution in [3.63, 3.8) is 0 Å². The van der Waals surface area contributed by atoms with Crippen LogP contribution in [-0.4, -0.2) is 0 Å². The van der Waals surface area contributed by atoms with Crippen molar-refractivity contribution in [3.05, 3.63) is 480 Å². The molecule has 0 heteroatoms. The Balaban J connectivity index is 0.000000107. The van der Waals surface area contributed by atoms with E-state index >= 15 is 0 Å². The van der Waals surface area contributed by atoms with E-state index in [9.17, 15) is 0 Å². The Kier molecular flexibility index (Phi) is 19.5. The van der Waals surface area contributed by atoms with Gasteiger partial charge in [0.15, 0.2) is 0 Å². The highest BCUT2D eigenvalue weighted by Gasteiger charge is 2.42. The predicted octanol–water partition coefficient (Wildman–Crippen LogP) is 41.4. The molecule has 0 unspecified atom stereocenters. The summed E-state index contributed by atoms with van der Waals surface area (Å²) in [6.07, 6.45) is 0.978. The van der Waals surface area contributed by atoms with Crippen LogP contribution in [-0.2, 0) is 38.9 Å². The van der Waals surface area contributed by atoms with Gasteiger partial charge in [-0.15, -0.1) is 0 Å². The van der Waals surface area contributed by atoms with Crippen molar-refractivity contribution in [1.29, 1.82) is 0 Å². The molecule has 0 atom stereocenters. The first-order chi connectivity index (χ1) is 71.5. The SMILES string of the molecule is CC(C)(C)c1c2ccccc2c(-c2ccc3ccccc3c2)c2ccc(-c3cc4c5c(ccc6cccc(c65)C4(C)C)c3)cc12.CC(C)(C)c1c2ccccc2c(-c2ccc3ccccc3c2)c2ccc(-c3ccc4c(c3)C(C)(C)c3cc5ccc6cccc7ccc(c3-4)c5c67)cc12.CC(C)(C)c1c2ccccc2c(-c2ccc3ccccc3c2)c2ccc(-c3ccc4c(c3)Cc3cc5c(cc3-4)C(C)(C)c3ccccc3-5)cc12. The smallest absolute Gasteiger partial charge is 0.0159 e. The molecule has 4 aliphatic carbocycles. The fourth-order valence-electron chi connectivity index (χ4n) is 27.8. The molecular weight excluding hydrogens is 1780 g/mol. The highest BCUT2D eigenvalue weighted by molar-refractivity contribution is 6.28. The van der Waals surface area contributed by atoms with Crippen LogP contribution >= 0.6 is 0 Å². The minimum atomic E-state index is -0.127. The molecule has 0 bridgehead atoms. The minimum Gasteiger partial charge on any atom is -0.0619 e.